The molecule has 0 aliphatic heterocycles. The molecule has 0 heterocycles. The minimum atomic E-state index is 1.31. The Morgan fingerprint density at radius 2 is 1.60 bits per heavy atom. The highest BCUT2D eigenvalue weighted by Crippen LogP contribution is 2.31. The van der Waals surface area contributed by atoms with Gasteiger partial charge in [-0.2, -0.15) is 0 Å². The summed E-state index contributed by atoms with van der Waals surface area (Å²) in [6.07, 6.45) is 13.0. The molecule has 2 rings (SSSR count). The summed E-state index contributed by atoms with van der Waals surface area (Å²) in [7, 11) is 0. The zero-order valence-electron chi connectivity index (χ0n) is 6.40. The normalized spacial score (nSPS) is 24.8. The van der Waals surface area contributed by atoms with Crippen LogP contribution in [0.5, 0.6) is 0 Å². The van der Waals surface area contributed by atoms with Crippen LogP contribution in [0.4, 0.5) is 0 Å². The van der Waals surface area contributed by atoms with Crippen LogP contribution in [0.25, 0.3) is 0 Å². The fourth-order valence-corrected chi connectivity index (χ4v) is 1.93. The van der Waals surface area contributed by atoms with E-state index in [2.05, 4.69) is 12.2 Å². The third-order valence-electron chi connectivity index (χ3n) is 2.51. The lowest BCUT2D eigenvalue weighted by Gasteiger charge is -1.98. The van der Waals surface area contributed by atoms with E-state index < -0.39 is 0 Å². The molecule has 0 radical (unpaired) electrons. The molecule has 0 heteroatoms. The average Bonchev–Trinajstić information content (AvgIpc) is 2.28. The van der Waals surface area contributed by atoms with Gasteiger partial charge >= 0.3 is 0 Å². The first-order valence-corrected chi connectivity index (χ1v) is 4.35. The van der Waals surface area contributed by atoms with Crippen molar-refractivity contribution in [2.45, 2.75) is 38.5 Å². The minimum absolute atomic E-state index is 1.31. The molecule has 10 heavy (non-hydrogen) atoms. The molecule has 0 saturated carbocycles. The molecular formula is C10H14. The number of rotatable bonds is 0. The van der Waals surface area contributed by atoms with E-state index in [1.807, 2.05) is 0 Å². The monoisotopic (exact) mass is 134 g/mol. The molecule has 0 fully saturated rings. The van der Waals surface area contributed by atoms with Gasteiger partial charge in [0.15, 0.2) is 0 Å². The molecule has 0 aromatic rings. The molecule has 2 aliphatic rings. The van der Waals surface area contributed by atoms with Crippen molar-refractivity contribution >= 4 is 0 Å². The average molecular weight is 134 g/mol. The van der Waals surface area contributed by atoms with Crippen molar-refractivity contribution in [2.75, 3.05) is 0 Å². The summed E-state index contributed by atoms with van der Waals surface area (Å²) in [5.74, 6) is 0. The lowest BCUT2D eigenvalue weighted by atomic mass is 10.1. The van der Waals surface area contributed by atoms with Gasteiger partial charge in [0.25, 0.3) is 0 Å². The van der Waals surface area contributed by atoms with Gasteiger partial charge in [-0.15, -0.1) is 0 Å². The third kappa shape index (κ3) is 1.03. The Kier molecular flexibility index (Phi) is 1.62. The van der Waals surface area contributed by atoms with Crippen LogP contribution in [0.15, 0.2) is 23.3 Å². The first-order valence-electron chi connectivity index (χ1n) is 4.35. The van der Waals surface area contributed by atoms with E-state index in [-0.39, 0.29) is 0 Å². The SMILES string of the molecule is C1=C2CCC=C2CCCC1. The van der Waals surface area contributed by atoms with Crippen molar-refractivity contribution in [1.82, 2.24) is 0 Å². The zero-order valence-corrected chi connectivity index (χ0v) is 6.40. The minimum Gasteiger partial charge on any atom is -0.0810 e. The van der Waals surface area contributed by atoms with E-state index >= 15 is 0 Å². The van der Waals surface area contributed by atoms with Crippen LogP contribution in [-0.2, 0) is 0 Å². The van der Waals surface area contributed by atoms with Gasteiger partial charge < -0.3 is 0 Å². The first-order chi connectivity index (χ1) is 4.97. The van der Waals surface area contributed by atoms with Crippen LogP contribution in [-0.4, -0.2) is 0 Å². The molecule has 54 valence electrons. The lowest BCUT2D eigenvalue weighted by Crippen LogP contribution is -1.79. The largest absolute Gasteiger partial charge is 0.0810 e. The first kappa shape index (κ1) is 6.21. The Morgan fingerprint density at radius 3 is 2.60 bits per heavy atom. The quantitative estimate of drug-likeness (QED) is 0.477. The van der Waals surface area contributed by atoms with Gasteiger partial charge in [-0.25, -0.2) is 0 Å². The lowest BCUT2D eigenvalue weighted by molar-refractivity contribution is 0.765. The Balaban J connectivity index is 2.21. The molecule has 0 nitrogen and oxygen atoms in total. The van der Waals surface area contributed by atoms with E-state index in [0.29, 0.717) is 0 Å². The molecule has 0 aromatic carbocycles. The second kappa shape index (κ2) is 2.61. The second-order valence-corrected chi connectivity index (χ2v) is 3.24. The molecule has 0 unspecified atom stereocenters. The highest BCUT2D eigenvalue weighted by Gasteiger charge is 2.12. The molecular weight excluding hydrogens is 120 g/mol. The van der Waals surface area contributed by atoms with Gasteiger partial charge in [-0.05, 0) is 49.7 Å². The van der Waals surface area contributed by atoms with E-state index in [1.165, 1.54) is 38.5 Å². The van der Waals surface area contributed by atoms with Crippen molar-refractivity contribution in [3.05, 3.63) is 23.3 Å². The maximum atomic E-state index is 2.45. The highest BCUT2D eigenvalue weighted by molar-refractivity contribution is 5.36. The van der Waals surface area contributed by atoms with Gasteiger partial charge in [-0.1, -0.05) is 12.2 Å². The van der Waals surface area contributed by atoms with Crippen LogP contribution in [0.3, 0.4) is 0 Å². The van der Waals surface area contributed by atoms with Crippen molar-refractivity contribution in [1.29, 1.82) is 0 Å². The zero-order chi connectivity index (χ0) is 6.81. The molecule has 2 aliphatic carbocycles. The van der Waals surface area contributed by atoms with Crippen molar-refractivity contribution in [3.63, 3.8) is 0 Å². The number of hydrogen-bond acceptors (Lipinski definition) is 0. The molecule has 0 saturated heterocycles. The highest BCUT2D eigenvalue weighted by atomic mass is 14.2. The Morgan fingerprint density at radius 1 is 0.800 bits per heavy atom. The van der Waals surface area contributed by atoms with Crippen LogP contribution in [0, 0.1) is 0 Å². The van der Waals surface area contributed by atoms with E-state index in [1.54, 1.807) is 11.1 Å². The predicted molar refractivity (Wildman–Crippen MR) is 43.9 cm³/mol. The maximum absolute atomic E-state index is 2.45. The van der Waals surface area contributed by atoms with Crippen LogP contribution >= 0.6 is 0 Å². The molecule has 0 spiro atoms. The van der Waals surface area contributed by atoms with Gasteiger partial charge in [-0.3, -0.25) is 0 Å². The number of fused-ring (bicyclic) bond motifs is 1. The number of allylic oxidation sites excluding steroid dienone is 4. The topological polar surface area (TPSA) is 0 Å². The Hall–Kier alpha value is -0.520. The summed E-state index contributed by atoms with van der Waals surface area (Å²) < 4.78 is 0. The van der Waals surface area contributed by atoms with Crippen LogP contribution in [0.1, 0.15) is 38.5 Å². The van der Waals surface area contributed by atoms with Gasteiger partial charge in [0.2, 0.25) is 0 Å². The summed E-state index contributed by atoms with van der Waals surface area (Å²) in [5.41, 5.74) is 3.33. The summed E-state index contributed by atoms with van der Waals surface area (Å²) in [6.45, 7) is 0. The Bertz CT molecular complexity index is 184. The van der Waals surface area contributed by atoms with Crippen LogP contribution < -0.4 is 0 Å². The van der Waals surface area contributed by atoms with Crippen molar-refractivity contribution in [3.8, 4) is 0 Å². The van der Waals surface area contributed by atoms with Gasteiger partial charge in [0.05, 0.1) is 0 Å². The smallest absolute Gasteiger partial charge is 0.0244 e. The van der Waals surface area contributed by atoms with E-state index in [4.69, 9.17) is 0 Å². The summed E-state index contributed by atoms with van der Waals surface area (Å²) in [6, 6.07) is 0. The van der Waals surface area contributed by atoms with E-state index in [0.717, 1.165) is 0 Å². The van der Waals surface area contributed by atoms with Crippen molar-refractivity contribution in [2.24, 2.45) is 0 Å². The molecule has 0 atom stereocenters. The maximum Gasteiger partial charge on any atom is -0.0244 e. The van der Waals surface area contributed by atoms with Gasteiger partial charge in [0.1, 0.15) is 0 Å². The van der Waals surface area contributed by atoms with Gasteiger partial charge in [0, 0.05) is 0 Å². The molecule has 0 aromatic heterocycles. The molecule has 0 N–H and O–H groups in total. The number of hydrogen-bond donors (Lipinski definition) is 0. The summed E-state index contributed by atoms with van der Waals surface area (Å²) >= 11 is 0. The predicted octanol–water partition coefficient (Wildman–Crippen LogP) is 3.21. The van der Waals surface area contributed by atoms with Crippen LogP contribution in [0.2, 0.25) is 0 Å². The third-order valence-corrected chi connectivity index (χ3v) is 2.51. The summed E-state index contributed by atoms with van der Waals surface area (Å²) in [5, 5.41) is 0. The fraction of sp³-hybridized carbons (Fsp3) is 0.600. The Labute approximate surface area is 62.6 Å². The van der Waals surface area contributed by atoms with E-state index in [9.17, 15) is 0 Å². The van der Waals surface area contributed by atoms with Crippen molar-refractivity contribution < 1.29 is 0 Å². The fourth-order valence-electron chi connectivity index (χ4n) is 1.93. The molecule has 0 amide bonds. The molecule has 0 bridgehead atoms. The summed E-state index contributed by atoms with van der Waals surface area (Å²) in [4.78, 5) is 0. The standard InChI is InChI=1S/C10H14/c1-2-5-9-7-4-8-10(9)6-3-1/h5,8H,1-4,6-7H2. The second-order valence-electron chi connectivity index (χ2n) is 3.24.